The van der Waals surface area contributed by atoms with Crippen molar-refractivity contribution in [2.75, 3.05) is 0 Å². The van der Waals surface area contributed by atoms with Gasteiger partial charge in [0.2, 0.25) is 0 Å². The van der Waals surface area contributed by atoms with Crippen molar-refractivity contribution in [3.05, 3.63) is 69.3 Å². The molecular formula is C18H17N5OS2. The van der Waals surface area contributed by atoms with Crippen LogP contribution in [0.4, 0.5) is 0 Å². The molecule has 0 fully saturated rings. The van der Waals surface area contributed by atoms with Gasteiger partial charge in [-0.25, -0.2) is 4.98 Å². The lowest BCUT2D eigenvalue weighted by Gasteiger charge is -2.07. The van der Waals surface area contributed by atoms with E-state index < -0.39 is 0 Å². The first-order valence-electron chi connectivity index (χ1n) is 8.30. The van der Waals surface area contributed by atoms with Gasteiger partial charge in [0.25, 0.3) is 5.56 Å². The molecule has 132 valence electrons. The Morgan fingerprint density at radius 2 is 2.04 bits per heavy atom. The Hall–Kier alpha value is -2.45. The summed E-state index contributed by atoms with van der Waals surface area (Å²) in [5, 5.41) is 11.4. The lowest BCUT2D eigenvalue weighted by atomic mass is 10.1. The predicted molar refractivity (Wildman–Crippen MR) is 105 cm³/mol. The monoisotopic (exact) mass is 383 g/mol. The van der Waals surface area contributed by atoms with E-state index in [1.54, 1.807) is 0 Å². The van der Waals surface area contributed by atoms with Gasteiger partial charge in [0.15, 0.2) is 5.16 Å². The first kappa shape index (κ1) is 17.0. The minimum atomic E-state index is -0.0812. The third-order valence-corrected chi connectivity index (χ3v) is 5.90. The van der Waals surface area contributed by atoms with Crippen molar-refractivity contribution in [3.8, 4) is 0 Å². The number of benzene rings is 1. The van der Waals surface area contributed by atoms with Gasteiger partial charge in [-0.3, -0.25) is 4.79 Å². The van der Waals surface area contributed by atoms with Gasteiger partial charge in [0, 0.05) is 13.0 Å². The summed E-state index contributed by atoms with van der Waals surface area (Å²) in [5.41, 5.74) is 1.87. The molecule has 0 spiro atoms. The second-order valence-electron chi connectivity index (χ2n) is 5.74. The van der Waals surface area contributed by atoms with Crippen molar-refractivity contribution in [1.82, 2.24) is 24.7 Å². The number of H-pyrrole nitrogens is 1. The van der Waals surface area contributed by atoms with Crippen LogP contribution in [0.5, 0.6) is 0 Å². The van der Waals surface area contributed by atoms with Crippen molar-refractivity contribution in [3.63, 3.8) is 0 Å². The summed E-state index contributed by atoms with van der Waals surface area (Å²) in [5.74, 6) is 2.14. The standard InChI is InChI=1S/C18H17N5OS2/c1-2-23-15(10-12-6-4-3-5-7-12)21-22-18(23)26-11-14-19-13-8-9-25-16(13)17(24)20-14/h3-9H,2,10-11H2,1H3,(H,19,20,24). The fraction of sp³-hybridized carbons (Fsp3) is 0.222. The molecule has 3 aromatic heterocycles. The van der Waals surface area contributed by atoms with Crippen LogP contribution in [0.15, 0.2) is 51.7 Å². The average Bonchev–Trinajstić information content (AvgIpc) is 3.27. The molecule has 0 radical (unpaired) electrons. The molecule has 0 aliphatic heterocycles. The Bertz CT molecular complexity index is 1080. The summed E-state index contributed by atoms with van der Waals surface area (Å²) < 4.78 is 2.78. The van der Waals surface area contributed by atoms with Gasteiger partial charge in [0.1, 0.15) is 16.3 Å². The number of thiophene rings is 1. The Labute approximate surface area is 158 Å². The molecule has 4 rings (SSSR count). The van der Waals surface area contributed by atoms with Gasteiger partial charge in [-0.15, -0.1) is 21.5 Å². The summed E-state index contributed by atoms with van der Waals surface area (Å²) in [6.45, 7) is 2.88. The van der Waals surface area contributed by atoms with Crippen LogP contribution in [0.3, 0.4) is 0 Å². The Balaban J connectivity index is 1.53. The molecule has 8 heteroatoms. The second kappa shape index (κ2) is 7.43. The molecular weight excluding hydrogens is 366 g/mol. The summed E-state index contributed by atoms with van der Waals surface area (Å²) in [7, 11) is 0. The highest BCUT2D eigenvalue weighted by Gasteiger charge is 2.13. The van der Waals surface area contributed by atoms with Gasteiger partial charge >= 0.3 is 0 Å². The SMILES string of the molecule is CCn1c(Cc2ccccc2)nnc1SCc1nc2ccsc2c(=O)[nH]1. The van der Waals surface area contributed by atoms with Gasteiger partial charge in [-0.05, 0) is 23.9 Å². The van der Waals surface area contributed by atoms with E-state index in [1.165, 1.54) is 28.7 Å². The molecule has 0 aliphatic rings. The maximum Gasteiger partial charge on any atom is 0.268 e. The maximum absolute atomic E-state index is 12.1. The second-order valence-corrected chi connectivity index (χ2v) is 7.60. The number of fused-ring (bicyclic) bond motifs is 1. The Morgan fingerprint density at radius 3 is 2.85 bits per heavy atom. The number of rotatable bonds is 6. The summed E-state index contributed by atoms with van der Waals surface area (Å²) in [6, 6.07) is 12.1. The van der Waals surface area contributed by atoms with Crippen molar-refractivity contribution in [2.24, 2.45) is 0 Å². The third kappa shape index (κ3) is 3.42. The fourth-order valence-electron chi connectivity index (χ4n) is 2.78. The number of aromatic nitrogens is 5. The van der Waals surface area contributed by atoms with E-state index in [1.807, 2.05) is 29.6 Å². The quantitative estimate of drug-likeness (QED) is 0.516. The first-order chi connectivity index (χ1) is 12.7. The Kier molecular flexibility index (Phi) is 4.85. The van der Waals surface area contributed by atoms with Crippen LogP contribution >= 0.6 is 23.1 Å². The highest BCUT2D eigenvalue weighted by atomic mass is 32.2. The fourth-order valence-corrected chi connectivity index (χ4v) is 4.39. The maximum atomic E-state index is 12.1. The largest absolute Gasteiger partial charge is 0.309 e. The highest BCUT2D eigenvalue weighted by molar-refractivity contribution is 7.98. The van der Waals surface area contributed by atoms with Crippen molar-refractivity contribution >= 4 is 33.3 Å². The molecule has 0 aliphatic carbocycles. The topological polar surface area (TPSA) is 76.5 Å². The molecule has 0 unspecified atom stereocenters. The average molecular weight is 384 g/mol. The van der Waals surface area contributed by atoms with Crippen LogP contribution in [0.25, 0.3) is 10.2 Å². The number of aromatic amines is 1. The van der Waals surface area contributed by atoms with Crippen LogP contribution in [0.1, 0.15) is 24.1 Å². The van der Waals surface area contributed by atoms with Crippen LogP contribution < -0.4 is 5.56 Å². The van der Waals surface area contributed by atoms with Crippen LogP contribution in [0, 0.1) is 0 Å². The number of nitrogens with one attached hydrogen (secondary N) is 1. The molecule has 0 bridgehead atoms. The van der Waals surface area contributed by atoms with Crippen molar-refractivity contribution in [1.29, 1.82) is 0 Å². The number of nitrogens with zero attached hydrogens (tertiary/aromatic N) is 4. The van der Waals surface area contributed by atoms with Gasteiger partial charge in [-0.2, -0.15) is 0 Å². The van der Waals surface area contributed by atoms with E-state index in [0.29, 0.717) is 16.3 Å². The van der Waals surface area contributed by atoms with Gasteiger partial charge in [0.05, 0.1) is 11.3 Å². The molecule has 0 atom stereocenters. The lowest BCUT2D eigenvalue weighted by molar-refractivity contribution is 0.651. The lowest BCUT2D eigenvalue weighted by Crippen LogP contribution is -2.10. The van der Waals surface area contributed by atoms with E-state index in [2.05, 4.69) is 43.8 Å². The minimum absolute atomic E-state index is 0.0812. The van der Waals surface area contributed by atoms with E-state index in [0.717, 1.165) is 29.5 Å². The van der Waals surface area contributed by atoms with Crippen LogP contribution in [-0.4, -0.2) is 24.7 Å². The third-order valence-electron chi connectivity index (χ3n) is 4.02. The molecule has 26 heavy (non-hydrogen) atoms. The molecule has 3 heterocycles. The summed E-state index contributed by atoms with van der Waals surface area (Å²) >= 11 is 2.94. The zero-order valence-corrected chi connectivity index (χ0v) is 15.8. The highest BCUT2D eigenvalue weighted by Crippen LogP contribution is 2.22. The van der Waals surface area contributed by atoms with Crippen LogP contribution in [-0.2, 0) is 18.7 Å². The van der Waals surface area contributed by atoms with Crippen molar-refractivity contribution in [2.45, 2.75) is 30.8 Å². The smallest absolute Gasteiger partial charge is 0.268 e. The molecule has 1 aromatic carbocycles. The minimum Gasteiger partial charge on any atom is -0.309 e. The van der Waals surface area contributed by atoms with Gasteiger partial charge < -0.3 is 9.55 Å². The van der Waals surface area contributed by atoms with E-state index in [9.17, 15) is 4.79 Å². The summed E-state index contributed by atoms with van der Waals surface area (Å²) in [4.78, 5) is 19.4. The number of hydrogen-bond donors (Lipinski definition) is 1. The predicted octanol–water partition coefficient (Wildman–Crippen LogP) is 3.48. The first-order valence-corrected chi connectivity index (χ1v) is 10.2. The number of hydrogen-bond acceptors (Lipinski definition) is 6. The molecule has 6 nitrogen and oxygen atoms in total. The van der Waals surface area contributed by atoms with Gasteiger partial charge in [-0.1, -0.05) is 42.1 Å². The zero-order valence-electron chi connectivity index (χ0n) is 14.2. The normalized spacial score (nSPS) is 11.3. The van der Waals surface area contributed by atoms with Crippen LogP contribution in [0.2, 0.25) is 0 Å². The molecule has 0 saturated carbocycles. The molecule has 0 saturated heterocycles. The Morgan fingerprint density at radius 1 is 1.19 bits per heavy atom. The zero-order chi connectivity index (χ0) is 17.9. The number of thioether (sulfide) groups is 1. The molecule has 0 amide bonds. The van der Waals surface area contributed by atoms with E-state index in [-0.39, 0.29) is 5.56 Å². The summed E-state index contributed by atoms with van der Waals surface area (Å²) in [6.07, 6.45) is 0.748. The molecule has 1 N–H and O–H groups in total. The van der Waals surface area contributed by atoms with E-state index >= 15 is 0 Å². The van der Waals surface area contributed by atoms with E-state index in [4.69, 9.17) is 0 Å². The molecule has 4 aromatic rings. The van der Waals surface area contributed by atoms with Crippen molar-refractivity contribution < 1.29 is 0 Å².